The summed E-state index contributed by atoms with van der Waals surface area (Å²) in [5.74, 6) is -0.762. The Morgan fingerprint density at radius 2 is 2.00 bits per heavy atom. The molecule has 1 atom stereocenters. The molecule has 0 heterocycles. The van der Waals surface area contributed by atoms with E-state index in [-0.39, 0.29) is 30.3 Å². The maximum absolute atomic E-state index is 13.5. The first-order valence-corrected chi connectivity index (χ1v) is 7.84. The van der Waals surface area contributed by atoms with Crippen molar-refractivity contribution in [2.75, 3.05) is 39.7 Å². The molecule has 0 aliphatic heterocycles. The normalized spacial score (nSPS) is 13.6. The third kappa shape index (κ3) is 4.13. The van der Waals surface area contributed by atoms with E-state index < -0.39 is 21.9 Å². The number of sulfonamides is 1. The van der Waals surface area contributed by atoms with Crippen LogP contribution in [-0.4, -0.2) is 52.7 Å². The first-order valence-electron chi connectivity index (χ1n) is 6.40. The van der Waals surface area contributed by atoms with Crippen molar-refractivity contribution in [3.8, 4) is 0 Å². The zero-order valence-electron chi connectivity index (χ0n) is 12.4. The Labute approximate surface area is 124 Å². The second-order valence-corrected chi connectivity index (χ2v) is 6.42. The van der Waals surface area contributed by atoms with Crippen LogP contribution < -0.4 is 5.73 Å². The summed E-state index contributed by atoms with van der Waals surface area (Å²) < 4.78 is 50.0. The van der Waals surface area contributed by atoms with E-state index in [0.29, 0.717) is 0 Å². The second kappa shape index (κ2) is 7.69. The molecular weight excluding hydrogens is 299 g/mol. The molecule has 1 rings (SSSR count). The van der Waals surface area contributed by atoms with Crippen LogP contribution in [0.2, 0.25) is 0 Å². The van der Waals surface area contributed by atoms with Gasteiger partial charge in [-0.25, -0.2) is 12.8 Å². The van der Waals surface area contributed by atoms with E-state index in [1.54, 1.807) is 6.92 Å². The largest absolute Gasteiger partial charge is 0.395 e. The molecular formula is C13H21FN2O4S. The van der Waals surface area contributed by atoms with Gasteiger partial charge in [0.15, 0.2) is 0 Å². The Hall–Kier alpha value is -1.22. The molecule has 0 amide bonds. The van der Waals surface area contributed by atoms with Crippen molar-refractivity contribution >= 4 is 15.7 Å². The van der Waals surface area contributed by atoms with Gasteiger partial charge in [0, 0.05) is 26.8 Å². The maximum Gasteiger partial charge on any atom is 0.245 e. The fourth-order valence-electron chi connectivity index (χ4n) is 1.95. The Balaban J connectivity index is 3.23. The molecule has 0 radical (unpaired) electrons. The lowest BCUT2D eigenvalue weighted by Crippen LogP contribution is -2.43. The monoisotopic (exact) mass is 320 g/mol. The summed E-state index contributed by atoms with van der Waals surface area (Å²) >= 11 is 0. The number of hydrogen-bond donors (Lipinski definition) is 1. The molecule has 0 saturated carbocycles. The van der Waals surface area contributed by atoms with Crippen LogP contribution in [0.5, 0.6) is 0 Å². The highest BCUT2D eigenvalue weighted by molar-refractivity contribution is 7.89. The summed E-state index contributed by atoms with van der Waals surface area (Å²) in [6, 6.07) is 3.28. The van der Waals surface area contributed by atoms with Gasteiger partial charge in [0.25, 0.3) is 0 Å². The van der Waals surface area contributed by atoms with Crippen LogP contribution in [-0.2, 0) is 19.5 Å². The number of nitrogens with zero attached hydrogens (tertiary/aromatic N) is 1. The highest BCUT2D eigenvalue weighted by Crippen LogP contribution is 2.25. The van der Waals surface area contributed by atoms with E-state index in [1.807, 2.05) is 0 Å². The molecule has 0 bridgehead atoms. The molecule has 0 fully saturated rings. The lowest BCUT2D eigenvalue weighted by Gasteiger charge is -2.28. The van der Waals surface area contributed by atoms with Gasteiger partial charge >= 0.3 is 0 Å². The van der Waals surface area contributed by atoms with Crippen LogP contribution in [0.15, 0.2) is 23.1 Å². The van der Waals surface area contributed by atoms with Crippen LogP contribution in [0, 0.1) is 5.82 Å². The number of benzene rings is 1. The van der Waals surface area contributed by atoms with Crippen molar-refractivity contribution in [1.82, 2.24) is 4.31 Å². The zero-order chi connectivity index (χ0) is 16.0. The second-order valence-electron chi connectivity index (χ2n) is 4.56. The van der Waals surface area contributed by atoms with Crippen LogP contribution in [0.4, 0.5) is 10.1 Å². The van der Waals surface area contributed by atoms with Gasteiger partial charge in [0.1, 0.15) is 10.7 Å². The number of rotatable bonds is 8. The molecule has 6 nitrogen and oxygen atoms in total. The van der Waals surface area contributed by atoms with Crippen molar-refractivity contribution in [1.29, 1.82) is 0 Å². The highest BCUT2D eigenvalue weighted by atomic mass is 32.2. The summed E-state index contributed by atoms with van der Waals surface area (Å²) in [5.41, 5.74) is 5.18. The number of ether oxygens (including phenoxy) is 2. The summed E-state index contributed by atoms with van der Waals surface area (Å²) in [6.07, 6.45) is 0. The number of nitrogens with two attached hydrogens (primary N) is 1. The number of anilines is 1. The molecule has 0 aliphatic rings. The predicted octanol–water partition coefficient (Wildman–Crippen LogP) is 1.08. The van der Waals surface area contributed by atoms with E-state index in [4.69, 9.17) is 15.2 Å². The van der Waals surface area contributed by atoms with Gasteiger partial charge in [-0.3, -0.25) is 0 Å². The number of para-hydroxylation sites is 1. The number of methoxy groups -OCH3 is 2. The Morgan fingerprint density at radius 3 is 2.57 bits per heavy atom. The molecule has 8 heteroatoms. The number of hydrogen-bond acceptors (Lipinski definition) is 5. The Morgan fingerprint density at radius 1 is 1.33 bits per heavy atom. The van der Waals surface area contributed by atoms with Crippen LogP contribution in [0.3, 0.4) is 0 Å². The fraction of sp³-hybridized carbons (Fsp3) is 0.538. The third-order valence-electron chi connectivity index (χ3n) is 3.01. The third-order valence-corrected chi connectivity index (χ3v) is 5.09. The molecule has 0 aromatic heterocycles. The van der Waals surface area contributed by atoms with Gasteiger partial charge in [-0.05, 0) is 19.1 Å². The van der Waals surface area contributed by atoms with E-state index in [2.05, 4.69) is 0 Å². The molecule has 0 saturated heterocycles. The number of halogens is 1. The smallest absolute Gasteiger partial charge is 0.245 e. The average Bonchev–Trinajstić information content (AvgIpc) is 2.42. The van der Waals surface area contributed by atoms with Crippen molar-refractivity contribution in [2.24, 2.45) is 0 Å². The van der Waals surface area contributed by atoms with Crippen LogP contribution in [0.1, 0.15) is 6.92 Å². The van der Waals surface area contributed by atoms with Gasteiger partial charge in [0.2, 0.25) is 10.0 Å². The minimum absolute atomic E-state index is 0.124. The Bertz CT molecular complexity index is 565. The van der Waals surface area contributed by atoms with E-state index in [9.17, 15) is 12.8 Å². The molecule has 2 N–H and O–H groups in total. The maximum atomic E-state index is 13.5. The average molecular weight is 320 g/mol. The van der Waals surface area contributed by atoms with Gasteiger partial charge in [-0.2, -0.15) is 4.31 Å². The highest BCUT2D eigenvalue weighted by Gasteiger charge is 2.31. The molecule has 21 heavy (non-hydrogen) atoms. The van der Waals surface area contributed by atoms with Crippen molar-refractivity contribution < 1.29 is 22.3 Å². The lowest BCUT2D eigenvalue weighted by atomic mass is 10.3. The predicted molar refractivity (Wildman–Crippen MR) is 77.9 cm³/mol. The van der Waals surface area contributed by atoms with Crippen LogP contribution >= 0.6 is 0 Å². The van der Waals surface area contributed by atoms with Gasteiger partial charge < -0.3 is 15.2 Å². The minimum atomic E-state index is -3.94. The van der Waals surface area contributed by atoms with Crippen molar-refractivity contribution in [3.63, 3.8) is 0 Å². The molecule has 1 aromatic carbocycles. The molecule has 0 spiro atoms. The molecule has 1 aromatic rings. The lowest BCUT2D eigenvalue weighted by molar-refractivity contribution is 0.119. The van der Waals surface area contributed by atoms with E-state index in [0.717, 1.165) is 6.07 Å². The summed E-state index contributed by atoms with van der Waals surface area (Å²) in [7, 11) is -0.985. The topological polar surface area (TPSA) is 81.9 Å². The summed E-state index contributed by atoms with van der Waals surface area (Å²) in [4.78, 5) is -0.249. The van der Waals surface area contributed by atoms with Crippen molar-refractivity contribution in [2.45, 2.75) is 17.9 Å². The number of nitrogen functional groups attached to an aromatic ring is 1. The molecule has 120 valence electrons. The van der Waals surface area contributed by atoms with E-state index >= 15 is 0 Å². The van der Waals surface area contributed by atoms with Gasteiger partial charge in [-0.1, -0.05) is 6.07 Å². The first-order chi connectivity index (χ1) is 9.86. The van der Waals surface area contributed by atoms with Gasteiger partial charge in [-0.15, -0.1) is 0 Å². The standard InChI is InChI=1S/C13H21FN2O4S/c1-10(9-20-3)16(7-8-19-2)21(17,18)12-6-4-5-11(14)13(12)15/h4-6,10H,7-9,15H2,1-3H3. The molecule has 0 aliphatic carbocycles. The minimum Gasteiger partial charge on any atom is -0.395 e. The molecule has 1 unspecified atom stereocenters. The van der Waals surface area contributed by atoms with E-state index in [1.165, 1.54) is 30.7 Å². The zero-order valence-corrected chi connectivity index (χ0v) is 13.2. The van der Waals surface area contributed by atoms with Crippen molar-refractivity contribution in [3.05, 3.63) is 24.0 Å². The SMILES string of the molecule is COCCN(C(C)COC)S(=O)(=O)c1cccc(F)c1N. The Kier molecular flexibility index (Phi) is 6.53. The quantitative estimate of drug-likeness (QED) is 0.725. The summed E-state index contributed by atoms with van der Waals surface area (Å²) in [6.45, 7) is 2.24. The summed E-state index contributed by atoms with van der Waals surface area (Å²) in [5, 5.41) is 0. The van der Waals surface area contributed by atoms with Crippen LogP contribution in [0.25, 0.3) is 0 Å². The first kappa shape index (κ1) is 17.8. The fourth-order valence-corrected chi connectivity index (χ4v) is 3.68. The van der Waals surface area contributed by atoms with Gasteiger partial charge in [0.05, 0.1) is 18.9 Å².